The van der Waals surface area contributed by atoms with Crippen molar-refractivity contribution >= 4 is 34.6 Å². The molecule has 0 bridgehead atoms. The summed E-state index contributed by atoms with van der Waals surface area (Å²) in [6.45, 7) is 0.242. The maximum atomic E-state index is 14.0. The molecule has 4 nitrogen and oxygen atoms in total. The Morgan fingerprint density at radius 1 is 1.08 bits per heavy atom. The largest absolute Gasteiger partial charge is 0.341 e. The van der Waals surface area contributed by atoms with E-state index in [9.17, 15) is 13.6 Å². The second-order valence-corrected chi connectivity index (χ2v) is 6.53. The van der Waals surface area contributed by atoms with Gasteiger partial charge in [0.2, 0.25) is 0 Å². The highest BCUT2D eigenvalue weighted by atomic mass is 32.2. The second kappa shape index (κ2) is 6.33. The van der Waals surface area contributed by atoms with Crippen LogP contribution in [-0.2, 0) is 4.79 Å². The van der Waals surface area contributed by atoms with Gasteiger partial charge in [0.25, 0.3) is 5.91 Å². The number of aliphatic imine (C=N–C) groups is 1. The predicted octanol–water partition coefficient (Wildman–Crippen LogP) is 3.67. The lowest BCUT2D eigenvalue weighted by Crippen LogP contribution is -2.46. The Balaban J connectivity index is 1.57. The molecule has 0 aliphatic carbocycles. The fraction of sp³-hybridized carbons (Fsp3) is 0.111. The number of amides is 1. The summed E-state index contributed by atoms with van der Waals surface area (Å²) in [7, 11) is 0. The van der Waals surface area contributed by atoms with Gasteiger partial charge < -0.3 is 4.90 Å². The van der Waals surface area contributed by atoms with Gasteiger partial charge in [-0.1, -0.05) is 36.0 Å². The molecule has 2 heterocycles. The van der Waals surface area contributed by atoms with E-state index in [1.165, 1.54) is 34.9 Å². The van der Waals surface area contributed by atoms with E-state index in [-0.39, 0.29) is 24.2 Å². The zero-order valence-corrected chi connectivity index (χ0v) is 13.8. The van der Waals surface area contributed by atoms with Gasteiger partial charge in [-0.25, -0.2) is 13.8 Å². The average molecular weight is 357 g/mol. The Labute approximate surface area is 147 Å². The van der Waals surface area contributed by atoms with E-state index in [4.69, 9.17) is 0 Å². The van der Waals surface area contributed by atoms with Gasteiger partial charge in [-0.15, -0.1) is 0 Å². The quantitative estimate of drug-likeness (QED) is 0.770. The molecule has 4 rings (SSSR count). The van der Waals surface area contributed by atoms with Gasteiger partial charge in [0.05, 0.1) is 11.6 Å². The van der Waals surface area contributed by atoms with Crippen molar-refractivity contribution in [2.45, 2.75) is 0 Å². The summed E-state index contributed by atoms with van der Waals surface area (Å²) in [4.78, 5) is 20.3. The first kappa shape index (κ1) is 15.8. The number of hydrogen-bond acceptors (Lipinski definition) is 4. The molecule has 0 unspecified atom stereocenters. The molecule has 0 N–H and O–H groups in total. The van der Waals surface area contributed by atoms with Gasteiger partial charge >= 0.3 is 0 Å². The van der Waals surface area contributed by atoms with Gasteiger partial charge in [0.15, 0.2) is 5.17 Å². The number of fused-ring (bicyclic) bond motifs is 1. The lowest BCUT2D eigenvalue weighted by atomic mass is 10.2. The lowest BCUT2D eigenvalue weighted by molar-refractivity contribution is -0.122. The third-order valence-electron chi connectivity index (χ3n) is 3.94. The van der Waals surface area contributed by atoms with Crippen LogP contribution in [0.1, 0.15) is 5.56 Å². The summed E-state index contributed by atoms with van der Waals surface area (Å²) < 4.78 is 27.0. The number of amidine groups is 1. The molecule has 0 atom stereocenters. The van der Waals surface area contributed by atoms with Crippen molar-refractivity contribution in [1.82, 2.24) is 4.90 Å². The minimum Gasteiger partial charge on any atom is -0.341 e. The minimum absolute atomic E-state index is 0.242. The van der Waals surface area contributed by atoms with Crippen molar-refractivity contribution in [2.75, 3.05) is 17.4 Å². The number of carbonyl (C=O) groups is 1. The van der Waals surface area contributed by atoms with Crippen molar-refractivity contribution < 1.29 is 13.6 Å². The molecule has 1 fully saturated rings. The monoisotopic (exact) mass is 357 g/mol. The van der Waals surface area contributed by atoms with Gasteiger partial charge in [-0.05, 0) is 35.9 Å². The van der Waals surface area contributed by atoms with Gasteiger partial charge in [0.1, 0.15) is 24.0 Å². The lowest BCUT2D eigenvalue weighted by Gasteiger charge is -2.34. The van der Waals surface area contributed by atoms with Crippen LogP contribution in [0.4, 0.5) is 14.5 Å². The van der Waals surface area contributed by atoms with Gasteiger partial charge in [-0.2, -0.15) is 0 Å². The number of rotatable bonds is 2. The van der Waals surface area contributed by atoms with E-state index in [0.717, 1.165) is 0 Å². The van der Waals surface area contributed by atoms with Crippen molar-refractivity contribution in [1.29, 1.82) is 0 Å². The zero-order chi connectivity index (χ0) is 17.4. The van der Waals surface area contributed by atoms with E-state index in [1.807, 2.05) is 0 Å². The maximum absolute atomic E-state index is 14.0. The third-order valence-corrected chi connectivity index (χ3v) is 4.95. The van der Waals surface area contributed by atoms with Crippen molar-refractivity contribution in [2.24, 2.45) is 4.99 Å². The van der Waals surface area contributed by atoms with Crippen LogP contribution in [0.25, 0.3) is 6.08 Å². The van der Waals surface area contributed by atoms with E-state index in [1.54, 1.807) is 41.3 Å². The molecule has 2 aliphatic rings. The first-order valence-electron chi connectivity index (χ1n) is 7.62. The van der Waals surface area contributed by atoms with Crippen LogP contribution in [0.2, 0.25) is 0 Å². The fourth-order valence-corrected chi connectivity index (χ4v) is 3.63. The van der Waals surface area contributed by atoms with Crippen LogP contribution < -0.4 is 4.90 Å². The smallest absolute Gasteiger partial charge is 0.280 e. The molecule has 0 saturated carbocycles. The molecule has 2 aromatic rings. The van der Waals surface area contributed by atoms with Gasteiger partial charge in [0, 0.05) is 0 Å². The molecule has 1 amide bonds. The van der Waals surface area contributed by atoms with Crippen LogP contribution >= 0.6 is 11.8 Å². The van der Waals surface area contributed by atoms with E-state index in [0.29, 0.717) is 28.0 Å². The number of halogens is 2. The van der Waals surface area contributed by atoms with E-state index < -0.39 is 0 Å². The van der Waals surface area contributed by atoms with Crippen LogP contribution in [-0.4, -0.2) is 28.5 Å². The third kappa shape index (κ3) is 3.02. The normalized spacial score (nSPS) is 18.6. The molecule has 2 aliphatic heterocycles. The maximum Gasteiger partial charge on any atom is 0.280 e. The number of nitrogens with zero attached hydrogens (tertiary/aromatic N) is 3. The molecule has 7 heteroatoms. The number of thioether (sulfide) groups is 1. The zero-order valence-electron chi connectivity index (χ0n) is 13.0. The first-order chi connectivity index (χ1) is 12.1. The molecule has 0 aromatic heterocycles. The minimum atomic E-state index is -0.334. The number of benzene rings is 2. The fourth-order valence-electron chi connectivity index (χ4n) is 2.68. The summed E-state index contributed by atoms with van der Waals surface area (Å²) in [6, 6.07) is 12.3. The van der Waals surface area contributed by atoms with Crippen molar-refractivity contribution in [3.8, 4) is 0 Å². The number of carbonyl (C=O) groups excluding carboxylic acids is 1. The predicted molar refractivity (Wildman–Crippen MR) is 94.9 cm³/mol. The Morgan fingerprint density at radius 3 is 2.60 bits per heavy atom. The Kier molecular flexibility index (Phi) is 4.01. The highest BCUT2D eigenvalue weighted by molar-refractivity contribution is 8.14. The first-order valence-corrected chi connectivity index (χ1v) is 8.60. The summed E-state index contributed by atoms with van der Waals surface area (Å²) in [6.07, 6.45) is 1.63. The Hall–Kier alpha value is -2.67. The number of hydrogen-bond donors (Lipinski definition) is 0. The van der Waals surface area contributed by atoms with Crippen LogP contribution in [0.5, 0.6) is 0 Å². The van der Waals surface area contributed by atoms with Crippen LogP contribution in [0.3, 0.4) is 0 Å². The summed E-state index contributed by atoms with van der Waals surface area (Å²) in [5.41, 5.74) is 1.45. The molecular weight excluding hydrogens is 344 g/mol. The summed E-state index contributed by atoms with van der Waals surface area (Å²) >= 11 is 1.38. The Bertz CT molecular complexity index is 895. The second-order valence-electron chi connectivity index (χ2n) is 5.61. The highest BCUT2D eigenvalue weighted by Gasteiger charge is 2.35. The van der Waals surface area contributed by atoms with E-state index >= 15 is 0 Å². The topological polar surface area (TPSA) is 35.9 Å². The summed E-state index contributed by atoms with van der Waals surface area (Å²) in [5, 5.41) is 0.603. The van der Waals surface area contributed by atoms with Crippen molar-refractivity contribution in [3.63, 3.8) is 0 Å². The van der Waals surface area contributed by atoms with Crippen molar-refractivity contribution in [3.05, 3.63) is 71.4 Å². The highest BCUT2D eigenvalue weighted by Crippen LogP contribution is 2.31. The summed E-state index contributed by atoms with van der Waals surface area (Å²) in [5.74, 6) is -0.391. The van der Waals surface area contributed by atoms with Gasteiger partial charge in [-0.3, -0.25) is 9.69 Å². The van der Waals surface area contributed by atoms with Crippen LogP contribution in [0.15, 0.2) is 59.2 Å². The Morgan fingerprint density at radius 2 is 1.84 bits per heavy atom. The van der Waals surface area contributed by atoms with Crippen LogP contribution in [0, 0.1) is 11.6 Å². The molecule has 0 spiro atoms. The molecular formula is C18H13F2N3OS. The number of anilines is 1. The SMILES string of the molecule is O=C1C(=Cc2ccc(F)cc2)N=C2SCN(c3ccccc3F)CN12. The molecule has 2 aromatic carbocycles. The van der Waals surface area contributed by atoms with E-state index in [2.05, 4.69) is 4.99 Å². The average Bonchev–Trinajstić information content (AvgIpc) is 2.93. The molecule has 1 saturated heterocycles. The molecule has 126 valence electrons. The molecule has 0 radical (unpaired) electrons. The molecule has 25 heavy (non-hydrogen) atoms. The standard InChI is InChI=1S/C18H13F2N3OS/c19-13-7-5-12(6-8-13)9-15-17(24)23-10-22(11-25-18(23)21-15)16-4-2-1-3-14(16)20/h1-9H,10-11H2. The number of para-hydroxylation sites is 1.